The van der Waals surface area contributed by atoms with Crippen LogP contribution in [0.25, 0.3) is 0 Å². The Morgan fingerprint density at radius 3 is 2.39 bits per heavy atom. The number of hydrogen-bond donors (Lipinski definition) is 1. The number of aliphatic hydroxyl groups is 1. The predicted molar refractivity (Wildman–Crippen MR) is 113 cm³/mol. The van der Waals surface area contributed by atoms with E-state index in [-0.39, 0.29) is 18.4 Å². The number of likely N-dealkylation sites (N-methyl/N-ethyl adjacent to an activating group) is 1. The highest BCUT2D eigenvalue weighted by molar-refractivity contribution is 5.79. The minimum Gasteiger partial charge on any atom is -0.395 e. The van der Waals surface area contributed by atoms with Gasteiger partial charge in [-0.15, -0.1) is 0 Å². The van der Waals surface area contributed by atoms with Crippen LogP contribution < -0.4 is 0 Å². The fourth-order valence-electron chi connectivity index (χ4n) is 4.79. The standard InChI is InChI=1S/C23H37N3O2/c1-3-25(16-17-27)23(28)20-8-14-26(15-9-20)22-10-12-24(13-11-22)18-21-7-5-4-6-19(21)2/h4-7,20,22,27H,3,8-18H2,1-2H3. The van der Waals surface area contributed by atoms with Crippen molar-refractivity contribution >= 4 is 5.91 Å². The molecule has 0 spiro atoms. The van der Waals surface area contributed by atoms with Crippen LogP contribution in [-0.4, -0.2) is 77.6 Å². The van der Waals surface area contributed by atoms with Crippen molar-refractivity contribution in [2.45, 2.75) is 52.1 Å². The molecule has 2 heterocycles. The van der Waals surface area contributed by atoms with Gasteiger partial charge < -0.3 is 14.9 Å². The van der Waals surface area contributed by atoms with Crippen molar-refractivity contribution in [2.24, 2.45) is 5.92 Å². The monoisotopic (exact) mass is 387 g/mol. The normalized spacial score (nSPS) is 20.4. The van der Waals surface area contributed by atoms with Crippen LogP contribution in [0.5, 0.6) is 0 Å². The van der Waals surface area contributed by atoms with E-state index in [0.717, 1.165) is 45.6 Å². The van der Waals surface area contributed by atoms with Crippen LogP contribution in [-0.2, 0) is 11.3 Å². The van der Waals surface area contributed by atoms with Crippen LogP contribution in [0.3, 0.4) is 0 Å². The number of piperidine rings is 2. The van der Waals surface area contributed by atoms with Gasteiger partial charge in [0.05, 0.1) is 6.61 Å². The molecule has 2 saturated heterocycles. The summed E-state index contributed by atoms with van der Waals surface area (Å²) in [6.45, 7) is 10.9. The van der Waals surface area contributed by atoms with Gasteiger partial charge >= 0.3 is 0 Å². The number of aliphatic hydroxyl groups excluding tert-OH is 1. The molecule has 1 N–H and O–H groups in total. The molecule has 0 atom stereocenters. The van der Waals surface area contributed by atoms with E-state index in [9.17, 15) is 4.79 Å². The van der Waals surface area contributed by atoms with Gasteiger partial charge in [-0.3, -0.25) is 9.69 Å². The van der Waals surface area contributed by atoms with Gasteiger partial charge in [-0.25, -0.2) is 0 Å². The number of hydrogen-bond acceptors (Lipinski definition) is 4. The number of nitrogens with zero attached hydrogens (tertiary/aromatic N) is 3. The Morgan fingerprint density at radius 2 is 1.79 bits per heavy atom. The van der Waals surface area contributed by atoms with E-state index in [2.05, 4.69) is 41.0 Å². The Balaban J connectivity index is 1.43. The Kier molecular flexibility index (Phi) is 7.89. The van der Waals surface area contributed by atoms with E-state index in [0.29, 0.717) is 19.1 Å². The molecule has 0 aromatic heterocycles. The number of aryl methyl sites for hydroxylation is 1. The number of amides is 1. The highest BCUT2D eigenvalue weighted by atomic mass is 16.3. The molecule has 0 radical (unpaired) electrons. The summed E-state index contributed by atoms with van der Waals surface area (Å²) in [5.41, 5.74) is 2.84. The Labute approximate surface area is 170 Å². The van der Waals surface area contributed by atoms with Gasteiger partial charge in [-0.05, 0) is 76.8 Å². The van der Waals surface area contributed by atoms with E-state index in [4.69, 9.17) is 5.11 Å². The fourth-order valence-corrected chi connectivity index (χ4v) is 4.79. The molecule has 2 aliphatic rings. The highest BCUT2D eigenvalue weighted by Crippen LogP contribution is 2.26. The molecule has 28 heavy (non-hydrogen) atoms. The molecular weight excluding hydrogens is 350 g/mol. The first-order valence-electron chi connectivity index (χ1n) is 11.0. The number of carbonyl (C=O) groups is 1. The first-order valence-corrected chi connectivity index (χ1v) is 11.0. The van der Waals surface area contributed by atoms with Crippen LogP contribution in [0, 0.1) is 12.8 Å². The van der Waals surface area contributed by atoms with Crippen molar-refractivity contribution in [3.8, 4) is 0 Å². The number of likely N-dealkylation sites (tertiary alicyclic amines) is 2. The quantitative estimate of drug-likeness (QED) is 0.781. The molecule has 3 rings (SSSR count). The van der Waals surface area contributed by atoms with Crippen molar-refractivity contribution in [1.29, 1.82) is 0 Å². The van der Waals surface area contributed by atoms with Crippen molar-refractivity contribution in [2.75, 3.05) is 45.9 Å². The van der Waals surface area contributed by atoms with Gasteiger partial charge in [0, 0.05) is 31.6 Å². The Bertz CT molecular complexity index is 620. The molecule has 5 heteroatoms. The smallest absolute Gasteiger partial charge is 0.225 e. The summed E-state index contributed by atoms with van der Waals surface area (Å²) in [5.74, 6) is 0.383. The van der Waals surface area contributed by atoms with E-state index >= 15 is 0 Å². The molecular formula is C23H37N3O2. The maximum Gasteiger partial charge on any atom is 0.225 e. The third-order valence-electron chi connectivity index (χ3n) is 6.67. The van der Waals surface area contributed by atoms with Gasteiger partial charge in [0.15, 0.2) is 0 Å². The summed E-state index contributed by atoms with van der Waals surface area (Å²) in [7, 11) is 0. The van der Waals surface area contributed by atoms with Crippen LogP contribution in [0.1, 0.15) is 43.7 Å². The molecule has 156 valence electrons. The first-order chi connectivity index (χ1) is 13.6. The van der Waals surface area contributed by atoms with Gasteiger partial charge in [-0.2, -0.15) is 0 Å². The average molecular weight is 388 g/mol. The summed E-state index contributed by atoms with van der Waals surface area (Å²) >= 11 is 0. The molecule has 0 aliphatic carbocycles. The number of benzene rings is 1. The summed E-state index contributed by atoms with van der Waals surface area (Å²) in [4.78, 5) is 19.7. The minimum atomic E-state index is 0.0551. The number of carbonyl (C=O) groups excluding carboxylic acids is 1. The third-order valence-corrected chi connectivity index (χ3v) is 6.67. The molecule has 5 nitrogen and oxygen atoms in total. The molecule has 0 saturated carbocycles. The summed E-state index contributed by atoms with van der Waals surface area (Å²) < 4.78 is 0. The lowest BCUT2D eigenvalue weighted by atomic mass is 9.92. The summed E-state index contributed by atoms with van der Waals surface area (Å²) in [6.07, 6.45) is 4.39. The number of rotatable bonds is 7. The molecule has 0 unspecified atom stereocenters. The SMILES string of the molecule is CCN(CCO)C(=O)C1CCN(C2CCN(Cc3ccccc3C)CC2)CC1. The van der Waals surface area contributed by atoms with E-state index in [1.807, 2.05) is 11.8 Å². The van der Waals surface area contributed by atoms with Crippen LogP contribution in [0.2, 0.25) is 0 Å². The van der Waals surface area contributed by atoms with Crippen LogP contribution in [0.15, 0.2) is 24.3 Å². The molecule has 1 amide bonds. The van der Waals surface area contributed by atoms with E-state index < -0.39 is 0 Å². The van der Waals surface area contributed by atoms with Crippen molar-refractivity contribution in [3.05, 3.63) is 35.4 Å². The predicted octanol–water partition coefficient (Wildman–Crippen LogP) is 2.51. The fraction of sp³-hybridized carbons (Fsp3) is 0.696. The van der Waals surface area contributed by atoms with Crippen molar-refractivity contribution < 1.29 is 9.90 Å². The first kappa shape index (κ1) is 21.3. The maximum atomic E-state index is 12.6. The van der Waals surface area contributed by atoms with Gasteiger partial charge in [0.25, 0.3) is 0 Å². The maximum absolute atomic E-state index is 12.6. The Morgan fingerprint density at radius 1 is 1.11 bits per heavy atom. The average Bonchev–Trinajstić information content (AvgIpc) is 2.74. The topological polar surface area (TPSA) is 47.0 Å². The second kappa shape index (κ2) is 10.4. The molecule has 1 aromatic carbocycles. The van der Waals surface area contributed by atoms with Crippen LogP contribution in [0.4, 0.5) is 0 Å². The highest BCUT2D eigenvalue weighted by Gasteiger charge is 2.32. The lowest BCUT2D eigenvalue weighted by Gasteiger charge is -2.42. The van der Waals surface area contributed by atoms with Gasteiger partial charge in [0.2, 0.25) is 5.91 Å². The van der Waals surface area contributed by atoms with Crippen molar-refractivity contribution in [1.82, 2.24) is 14.7 Å². The third kappa shape index (κ3) is 5.34. The lowest BCUT2D eigenvalue weighted by molar-refractivity contribution is -0.137. The molecule has 2 aliphatic heterocycles. The second-order valence-electron chi connectivity index (χ2n) is 8.39. The van der Waals surface area contributed by atoms with Gasteiger partial charge in [-0.1, -0.05) is 24.3 Å². The molecule has 1 aromatic rings. The van der Waals surface area contributed by atoms with E-state index in [1.165, 1.54) is 24.0 Å². The minimum absolute atomic E-state index is 0.0551. The second-order valence-corrected chi connectivity index (χ2v) is 8.39. The zero-order valence-corrected chi connectivity index (χ0v) is 17.6. The molecule has 0 bridgehead atoms. The summed E-state index contributed by atoms with van der Waals surface area (Å²) in [6, 6.07) is 9.38. The van der Waals surface area contributed by atoms with Gasteiger partial charge in [0.1, 0.15) is 0 Å². The lowest BCUT2D eigenvalue weighted by Crippen LogP contribution is -2.49. The largest absolute Gasteiger partial charge is 0.395 e. The summed E-state index contributed by atoms with van der Waals surface area (Å²) in [5, 5.41) is 9.15. The van der Waals surface area contributed by atoms with Crippen LogP contribution >= 0.6 is 0 Å². The zero-order valence-electron chi connectivity index (χ0n) is 17.6. The van der Waals surface area contributed by atoms with E-state index in [1.54, 1.807) is 0 Å². The van der Waals surface area contributed by atoms with Crippen molar-refractivity contribution in [3.63, 3.8) is 0 Å². The zero-order chi connectivity index (χ0) is 19.9. The Hall–Kier alpha value is -1.43. The molecule has 2 fully saturated rings.